The fourth-order valence-electron chi connectivity index (χ4n) is 3.23. The molecular weight excluding hydrogens is 360 g/mol. The lowest BCUT2D eigenvalue weighted by atomic mass is 10.0. The SMILES string of the molecule is CCOC(=O)c1nn(-c2ccc(OC)cc2)c2c1CN(C(=O)NC(C)C)CC2. The topological polar surface area (TPSA) is 85.7 Å². The summed E-state index contributed by atoms with van der Waals surface area (Å²) in [5, 5.41) is 7.43. The molecule has 8 heteroatoms. The van der Waals surface area contributed by atoms with Crippen LogP contribution in [0, 0.1) is 0 Å². The van der Waals surface area contributed by atoms with Gasteiger partial charge in [0.1, 0.15) is 5.75 Å². The average molecular weight is 386 g/mol. The van der Waals surface area contributed by atoms with Gasteiger partial charge in [0.25, 0.3) is 0 Å². The number of carbonyl (C=O) groups excluding carboxylic acids is 2. The van der Waals surface area contributed by atoms with Crippen molar-refractivity contribution in [3.63, 3.8) is 0 Å². The number of carbonyl (C=O) groups is 2. The molecule has 0 radical (unpaired) electrons. The van der Waals surface area contributed by atoms with E-state index in [0.717, 1.165) is 22.7 Å². The molecule has 1 N–H and O–H groups in total. The van der Waals surface area contributed by atoms with Gasteiger partial charge >= 0.3 is 12.0 Å². The number of aromatic nitrogens is 2. The highest BCUT2D eigenvalue weighted by atomic mass is 16.5. The number of fused-ring (bicyclic) bond motifs is 1. The van der Waals surface area contributed by atoms with E-state index in [1.807, 2.05) is 38.1 Å². The van der Waals surface area contributed by atoms with Gasteiger partial charge in [-0.25, -0.2) is 14.3 Å². The van der Waals surface area contributed by atoms with Gasteiger partial charge in [0, 0.05) is 24.6 Å². The molecule has 1 aliphatic heterocycles. The largest absolute Gasteiger partial charge is 0.497 e. The van der Waals surface area contributed by atoms with Gasteiger partial charge in [0.05, 0.1) is 31.6 Å². The Kier molecular flexibility index (Phi) is 5.87. The quantitative estimate of drug-likeness (QED) is 0.798. The zero-order valence-electron chi connectivity index (χ0n) is 16.7. The Morgan fingerprint density at radius 2 is 1.96 bits per heavy atom. The van der Waals surface area contributed by atoms with Gasteiger partial charge in [-0.2, -0.15) is 5.10 Å². The summed E-state index contributed by atoms with van der Waals surface area (Å²) in [7, 11) is 1.61. The molecule has 3 rings (SSSR count). The van der Waals surface area contributed by atoms with Crippen LogP contribution < -0.4 is 10.1 Å². The number of hydrogen-bond acceptors (Lipinski definition) is 5. The maximum Gasteiger partial charge on any atom is 0.359 e. The van der Waals surface area contributed by atoms with Crippen molar-refractivity contribution in [2.24, 2.45) is 0 Å². The van der Waals surface area contributed by atoms with Gasteiger partial charge in [0.2, 0.25) is 0 Å². The summed E-state index contributed by atoms with van der Waals surface area (Å²) in [4.78, 5) is 26.6. The predicted molar refractivity (Wildman–Crippen MR) is 104 cm³/mol. The van der Waals surface area contributed by atoms with Crippen LogP contribution in [-0.4, -0.2) is 53.0 Å². The van der Waals surface area contributed by atoms with Crippen molar-refractivity contribution in [3.05, 3.63) is 41.2 Å². The fourth-order valence-corrected chi connectivity index (χ4v) is 3.23. The van der Waals surface area contributed by atoms with E-state index in [2.05, 4.69) is 10.4 Å². The Hall–Kier alpha value is -3.03. The molecule has 0 spiro atoms. The number of ether oxygens (including phenoxy) is 2. The van der Waals surface area contributed by atoms with Crippen LogP contribution >= 0.6 is 0 Å². The summed E-state index contributed by atoms with van der Waals surface area (Å²) >= 11 is 0. The molecule has 28 heavy (non-hydrogen) atoms. The van der Waals surface area contributed by atoms with E-state index in [9.17, 15) is 9.59 Å². The lowest BCUT2D eigenvalue weighted by Gasteiger charge is -2.28. The molecule has 1 aromatic carbocycles. The van der Waals surface area contributed by atoms with E-state index in [4.69, 9.17) is 9.47 Å². The highest BCUT2D eigenvalue weighted by Crippen LogP contribution is 2.27. The first-order valence-corrected chi connectivity index (χ1v) is 9.42. The highest BCUT2D eigenvalue weighted by molar-refractivity contribution is 5.89. The van der Waals surface area contributed by atoms with Crippen LogP contribution in [0.2, 0.25) is 0 Å². The minimum atomic E-state index is -0.475. The first-order chi connectivity index (χ1) is 13.4. The van der Waals surface area contributed by atoms with Crippen molar-refractivity contribution in [2.75, 3.05) is 20.3 Å². The van der Waals surface area contributed by atoms with Crippen molar-refractivity contribution < 1.29 is 19.1 Å². The Morgan fingerprint density at radius 3 is 2.57 bits per heavy atom. The molecule has 0 fully saturated rings. The summed E-state index contributed by atoms with van der Waals surface area (Å²) in [6.07, 6.45) is 0.597. The molecule has 8 nitrogen and oxygen atoms in total. The Morgan fingerprint density at radius 1 is 1.25 bits per heavy atom. The van der Waals surface area contributed by atoms with Gasteiger partial charge in [-0.3, -0.25) is 0 Å². The molecule has 2 aromatic rings. The summed E-state index contributed by atoms with van der Waals surface area (Å²) in [5.74, 6) is 0.268. The van der Waals surface area contributed by atoms with Crippen LogP contribution in [0.1, 0.15) is 42.5 Å². The second kappa shape index (κ2) is 8.33. The van der Waals surface area contributed by atoms with Crippen molar-refractivity contribution >= 4 is 12.0 Å². The number of nitrogens with one attached hydrogen (secondary N) is 1. The minimum absolute atomic E-state index is 0.0421. The number of nitrogens with zero attached hydrogens (tertiary/aromatic N) is 3. The van der Waals surface area contributed by atoms with Crippen LogP contribution in [-0.2, 0) is 17.7 Å². The molecule has 0 unspecified atom stereocenters. The number of amides is 2. The minimum Gasteiger partial charge on any atom is -0.497 e. The molecule has 0 bridgehead atoms. The number of methoxy groups -OCH3 is 1. The van der Waals surface area contributed by atoms with E-state index < -0.39 is 5.97 Å². The van der Waals surface area contributed by atoms with Crippen LogP contribution in [0.15, 0.2) is 24.3 Å². The molecule has 1 aromatic heterocycles. The zero-order valence-corrected chi connectivity index (χ0v) is 16.7. The molecule has 2 amide bonds. The van der Waals surface area contributed by atoms with Crippen LogP contribution in [0.5, 0.6) is 5.75 Å². The summed E-state index contributed by atoms with van der Waals surface area (Å²) in [6.45, 7) is 6.72. The van der Waals surface area contributed by atoms with Gasteiger partial charge in [-0.15, -0.1) is 0 Å². The molecule has 2 heterocycles. The van der Waals surface area contributed by atoms with Gasteiger partial charge in [0.15, 0.2) is 5.69 Å². The summed E-state index contributed by atoms with van der Waals surface area (Å²) in [5.41, 5.74) is 2.74. The number of urea groups is 1. The number of benzene rings is 1. The number of esters is 1. The van der Waals surface area contributed by atoms with Crippen molar-refractivity contribution in [1.29, 1.82) is 0 Å². The Labute approximate surface area is 164 Å². The predicted octanol–water partition coefficient (Wildman–Crippen LogP) is 2.53. The highest BCUT2D eigenvalue weighted by Gasteiger charge is 2.31. The van der Waals surface area contributed by atoms with Crippen molar-refractivity contribution in [2.45, 2.75) is 39.8 Å². The monoisotopic (exact) mass is 386 g/mol. The molecular formula is C20H26N4O4. The Balaban J connectivity index is 1.98. The average Bonchev–Trinajstić information content (AvgIpc) is 3.06. The maximum absolute atomic E-state index is 12.5. The fraction of sp³-hybridized carbons (Fsp3) is 0.450. The Bertz CT molecular complexity index is 858. The maximum atomic E-state index is 12.5. The molecule has 0 saturated carbocycles. The second-order valence-electron chi connectivity index (χ2n) is 6.88. The third-order valence-electron chi connectivity index (χ3n) is 4.54. The molecule has 150 valence electrons. The molecule has 0 saturated heterocycles. The van der Waals surface area contributed by atoms with E-state index in [0.29, 0.717) is 19.5 Å². The van der Waals surface area contributed by atoms with Gasteiger partial charge < -0.3 is 19.7 Å². The zero-order chi connectivity index (χ0) is 20.3. The second-order valence-corrected chi connectivity index (χ2v) is 6.88. The van der Waals surface area contributed by atoms with Gasteiger partial charge in [-0.05, 0) is 45.0 Å². The van der Waals surface area contributed by atoms with Crippen molar-refractivity contribution in [1.82, 2.24) is 20.0 Å². The first-order valence-electron chi connectivity index (χ1n) is 9.42. The van der Waals surface area contributed by atoms with Crippen LogP contribution in [0.25, 0.3) is 5.69 Å². The molecule has 1 aliphatic rings. The third-order valence-corrected chi connectivity index (χ3v) is 4.54. The van der Waals surface area contributed by atoms with E-state index >= 15 is 0 Å². The summed E-state index contributed by atoms with van der Waals surface area (Å²) in [6, 6.07) is 7.36. The summed E-state index contributed by atoms with van der Waals surface area (Å²) < 4.78 is 12.2. The third kappa shape index (κ3) is 3.95. The molecule has 0 atom stereocenters. The normalized spacial score (nSPS) is 13.2. The number of rotatable bonds is 5. The van der Waals surface area contributed by atoms with E-state index in [1.54, 1.807) is 23.6 Å². The molecule has 0 aliphatic carbocycles. The smallest absolute Gasteiger partial charge is 0.359 e. The van der Waals surface area contributed by atoms with E-state index in [-0.39, 0.29) is 24.4 Å². The van der Waals surface area contributed by atoms with E-state index in [1.165, 1.54) is 0 Å². The lowest BCUT2D eigenvalue weighted by molar-refractivity contribution is 0.0516. The van der Waals surface area contributed by atoms with Gasteiger partial charge in [-0.1, -0.05) is 0 Å². The lowest BCUT2D eigenvalue weighted by Crippen LogP contribution is -2.45. The standard InChI is InChI=1S/C20H26N4O4/c1-5-28-19(25)18-16-12-23(20(26)21-13(2)3)11-10-17(16)24(22-18)14-6-8-15(27-4)9-7-14/h6-9,13H,5,10-12H2,1-4H3,(H,21,26). The van der Waals surface area contributed by atoms with Crippen molar-refractivity contribution in [3.8, 4) is 11.4 Å². The first kappa shape index (κ1) is 19.7. The van der Waals surface area contributed by atoms with Crippen LogP contribution in [0.3, 0.4) is 0 Å². The number of hydrogen-bond donors (Lipinski definition) is 1. The van der Waals surface area contributed by atoms with Crippen LogP contribution in [0.4, 0.5) is 4.79 Å².